The van der Waals surface area contributed by atoms with Gasteiger partial charge in [0.2, 0.25) is 17.5 Å². The molecule has 3 aromatic rings. The first-order valence-electron chi connectivity index (χ1n) is 11.2. The van der Waals surface area contributed by atoms with Gasteiger partial charge < -0.3 is 33.1 Å². The topological polar surface area (TPSA) is 105 Å². The summed E-state index contributed by atoms with van der Waals surface area (Å²) in [5.74, 6) is 3.26. The number of carbonyl (C=O) groups is 1. The van der Waals surface area contributed by atoms with E-state index in [0.717, 1.165) is 12.8 Å². The third-order valence-corrected chi connectivity index (χ3v) is 6.06. The Labute approximate surface area is 203 Å². The van der Waals surface area contributed by atoms with Crippen molar-refractivity contribution in [3.05, 3.63) is 41.8 Å². The summed E-state index contributed by atoms with van der Waals surface area (Å²) >= 11 is 0. The highest BCUT2D eigenvalue weighted by molar-refractivity contribution is 5.97. The van der Waals surface area contributed by atoms with Crippen LogP contribution in [-0.4, -0.2) is 69.6 Å². The molecule has 0 saturated carbocycles. The largest absolute Gasteiger partial charge is 0.497 e. The fourth-order valence-electron chi connectivity index (χ4n) is 4.24. The van der Waals surface area contributed by atoms with Crippen molar-refractivity contribution in [2.75, 3.05) is 48.6 Å². The van der Waals surface area contributed by atoms with E-state index in [1.165, 1.54) is 7.11 Å². The van der Waals surface area contributed by atoms with Crippen LogP contribution in [0.4, 0.5) is 0 Å². The van der Waals surface area contributed by atoms with E-state index >= 15 is 0 Å². The van der Waals surface area contributed by atoms with Gasteiger partial charge in [-0.15, -0.1) is 0 Å². The minimum Gasteiger partial charge on any atom is -0.497 e. The first kappa shape index (κ1) is 24.2. The van der Waals surface area contributed by atoms with Gasteiger partial charge in [-0.1, -0.05) is 5.16 Å². The number of likely N-dealkylation sites (tertiary alicyclic amines) is 1. The summed E-state index contributed by atoms with van der Waals surface area (Å²) in [6, 6.07) is 8.71. The van der Waals surface area contributed by atoms with Crippen molar-refractivity contribution in [3.63, 3.8) is 0 Å². The number of aromatic nitrogens is 2. The van der Waals surface area contributed by atoms with E-state index in [1.54, 1.807) is 63.7 Å². The van der Waals surface area contributed by atoms with Gasteiger partial charge in [0.15, 0.2) is 11.5 Å². The van der Waals surface area contributed by atoms with Crippen LogP contribution >= 0.6 is 0 Å². The lowest BCUT2D eigenvalue weighted by Crippen LogP contribution is -2.39. The Morgan fingerprint density at radius 1 is 0.943 bits per heavy atom. The van der Waals surface area contributed by atoms with Crippen molar-refractivity contribution < 1.29 is 33.0 Å². The zero-order valence-electron chi connectivity index (χ0n) is 20.5. The number of nitrogens with zero attached hydrogens (tertiary/aromatic N) is 3. The number of carbonyl (C=O) groups excluding carboxylic acids is 1. The monoisotopic (exact) mass is 483 g/mol. The van der Waals surface area contributed by atoms with E-state index in [4.69, 9.17) is 28.2 Å². The van der Waals surface area contributed by atoms with E-state index in [2.05, 4.69) is 10.1 Å². The molecular weight excluding hydrogens is 454 g/mol. The smallest absolute Gasteiger partial charge is 0.257 e. The summed E-state index contributed by atoms with van der Waals surface area (Å²) in [6.07, 6.45) is 1.65. The molecule has 0 N–H and O–H groups in total. The molecule has 4 rings (SSSR count). The van der Waals surface area contributed by atoms with Crippen molar-refractivity contribution in [3.8, 4) is 40.1 Å². The maximum absolute atomic E-state index is 13.3. The van der Waals surface area contributed by atoms with Crippen molar-refractivity contribution in [1.82, 2.24) is 15.0 Å². The van der Waals surface area contributed by atoms with Crippen LogP contribution in [0.15, 0.2) is 34.9 Å². The van der Waals surface area contributed by atoms with Crippen LogP contribution in [0, 0.1) is 0 Å². The second-order valence-corrected chi connectivity index (χ2v) is 8.03. The molecule has 1 atom stereocenters. The van der Waals surface area contributed by atoms with Crippen LogP contribution < -0.4 is 23.7 Å². The van der Waals surface area contributed by atoms with Crippen molar-refractivity contribution >= 4 is 5.91 Å². The van der Waals surface area contributed by atoms with E-state index < -0.39 is 0 Å². The van der Waals surface area contributed by atoms with Gasteiger partial charge >= 0.3 is 0 Å². The number of amides is 1. The summed E-state index contributed by atoms with van der Waals surface area (Å²) in [6.45, 7) is 1.10. The highest BCUT2D eigenvalue weighted by Gasteiger charge is 2.30. The maximum Gasteiger partial charge on any atom is 0.257 e. The molecule has 0 unspecified atom stereocenters. The highest BCUT2D eigenvalue weighted by atomic mass is 16.5. The normalized spacial score (nSPS) is 15.5. The Bertz CT molecular complexity index is 1170. The molecular formula is C25H29N3O7. The van der Waals surface area contributed by atoms with Crippen LogP contribution in [0.25, 0.3) is 11.4 Å². The molecule has 0 bridgehead atoms. The second kappa shape index (κ2) is 10.5. The zero-order valence-corrected chi connectivity index (χ0v) is 20.5. The van der Waals surface area contributed by atoms with Gasteiger partial charge in [-0.05, 0) is 37.1 Å². The lowest BCUT2D eigenvalue weighted by Gasteiger charge is -2.31. The summed E-state index contributed by atoms with van der Waals surface area (Å²) < 4.78 is 32.5. The van der Waals surface area contributed by atoms with Crippen LogP contribution in [0.2, 0.25) is 0 Å². The van der Waals surface area contributed by atoms with E-state index in [0.29, 0.717) is 64.7 Å². The molecule has 2 aromatic carbocycles. The van der Waals surface area contributed by atoms with Gasteiger partial charge in [-0.3, -0.25) is 4.79 Å². The van der Waals surface area contributed by atoms with Gasteiger partial charge in [-0.2, -0.15) is 4.98 Å². The van der Waals surface area contributed by atoms with E-state index in [1.807, 2.05) is 0 Å². The fraction of sp³-hybridized carbons (Fsp3) is 0.400. The third kappa shape index (κ3) is 4.82. The first-order chi connectivity index (χ1) is 17.0. The van der Waals surface area contributed by atoms with Crippen LogP contribution in [0.3, 0.4) is 0 Å². The lowest BCUT2D eigenvalue weighted by molar-refractivity contribution is 0.0692. The Hall–Kier alpha value is -3.95. The molecule has 0 radical (unpaired) electrons. The molecule has 10 heteroatoms. The molecule has 0 spiro atoms. The first-order valence-corrected chi connectivity index (χ1v) is 11.2. The Balaban J connectivity index is 1.55. The average molecular weight is 484 g/mol. The molecule has 1 aliphatic heterocycles. The number of ether oxygens (including phenoxy) is 5. The number of methoxy groups -OCH3 is 5. The fourth-order valence-corrected chi connectivity index (χ4v) is 4.24. The summed E-state index contributed by atoms with van der Waals surface area (Å²) in [7, 11) is 7.75. The minimum absolute atomic E-state index is 0.0831. The Morgan fingerprint density at radius 2 is 1.66 bits per heavy atom. The second-order valence-electron chi connectivity index (χ2n) is 8.03. The van der Waals surface area contributed by atoms with Gasteiger partial charge in [0.25, 0.3) is 5.91 Å². The maximum atomic E-state index is 13.3. The van der Waals surface area contributed by atoms with Crippen LogP contribution in [-0.2, 0) is 0 Å². The van der Waals surface area contributed by atoms with Gasteiger partial charge in [0.05, 0.1) is 47.0 Å². The van der Waals surface area contributed by atoms with Crippen molar-refractivity contribution in [2.45, 2.75) is 18.8 Å². The quantitative estimate of drug-likeness (QED) is 0.473. The van der Waals surface area contributed by atoms with Gasteiger partial charge in [0, 0.05) is 24.7 Å². The summed E-state index contributed by atoms with van der Waals surface area (Å²) in [4.78, 5) is 19.7. The SMILES string of the molecule is COc1ccc(C(=O)N2CCC[C@H](c3nc(-c4cc(OC)c(OC)c(OC)c4)no3)C2)c(OC)c1. The van der Waals surface area contributed by atoms with E-state index in [-0.39, 0.29) is 11.8 Å². The van der Waals surface area contributed by atoms with Crippen LogP contribution in [0.5, 0.6) is 28.7 Å². The molecule has 1 amide bonds. The standard InChI is InChI=1S/C25H29N3O7/c1-30-17-8-9-18(19(13-17)31-2)25(29)28-10-6-7-15(14-28)24-26-23(27-35-24)16-11-20(32-3)22(34-5)21(12-16)33-4/h8-9,11-13,15H,6-7,10,14H2,1-5H3/t15-/m0/s1. The lowest BCUT2D eigenvalue weighted by atomic mass is 9.97. The highest BCUT2D eigenvalue weighted by Crippen LogP contribution is 2.41. The number of hydrogen-bond acceptors (Lipinski definition) is 9. The molecule has 35 heavy (non-hydrogen) atoms. The molecule has 1 aromatic heterocycles. The molecule has 186 valence electrons. The predicted octanol–water partition coefficient (Wildman–Crippen LogP) is 3.80. The predicted molar refractivity (Wildman–Crippen MR) is 127 cm³/mol. The van der Waals surface area contributed by atoms with Crippen molar-refractivity contribution in [2.24, 2.45) is 0 Å². The minimum atomic E-state index is -0.112. The molecule has 1 aliphatic rings. The van der Waals surface area contributed by atoms with Crippen molar-refractivity contribution in [1.29, 1.82) is 0 Å². The van der Waals surface area contributed by atoms with Gasteiger partial charge in [-0.25, -0.2) is 0 Å². The summed E-state index contributed by atoms with van der Waals surface area (Å²) in [5, 5.41) is 4.17. The summed E-state index contributed by atoms with van der Waals surface area (Å²) in [5.41, 5.74) is 1.15. The Kier molecular flexibility index (Phi) is 7.28. The molecule has 10 nitrogen and oxygen atoms in total. The number of piperidine rings is 1. The average Bonchev–Trinajstić information content (AvgIpc) is 3.42. The zero-order chi connectivity index (χ0) is 24.9. The van der Waals surface area contributed by atoms with Crippen LogP contribution in [0.1, 0.15) is 35.0 Å². The number of hydrogen-bond donors (Lipinski definition) is 0. The molecule has 0 aliphatic carbocycles. The number of rotatable bonds is 8. The Morgan fingerprint density at radius 3 is 2.29 bits per heavy atom. The molecule has 1 fully saturated rings. The molecule has 2 heterocycles. The third-order valence-electron chi connectivity index (χ3n) is 6.06. The van der Waals surface area contributed by atoms with Gasteiger partial charge in [0.1, 0.15) is 11.5 Å². The number of benzene rings is 2. The molecule has 1 saturated heterocycles. The van der Waals surface area contributed by atoms with E-state index in [9.17, 15) is 4.79 Å².